The van der Waals surface area contributed by atoms with Gasteiger partial charge in [0.25, 0.3) is 0 Å². The maximum absolute atomic E-state index is 11.7. The summed E-state index contributed by atoms with van der Waals surface area (Å²) in [7, 11) is 0. The fraction of sp³-hybridized carbons (Fsp3) is 0.917. The fourth-order valence-electron chi connectivity index (χ4n) is 2.34. The molecule has 2 saturated heterocycles. The molecule has 0 N–H and O–H groups in total. The van der Waals surface area contributed by atoms with E-state index in [0.29, 0.717) is 5.41 Å². The molecule has 0 aromatic rings. The Labute approximate surface area is 96.9 Å². The molecule has 0 radical (unpaired) electrons. The molecule has 16 heavy (non-hydrogen) atoms. The molecule has 2 aliphatic rings. The third kappa shape index (κ3) is 2.48. The lowest BCUT2D eigenvalue weighted by Crippen LogP contribution is -2.60. The van der Waals surface area contributed by atoms with Gasteiger partial charge in [-0.1, -0.05) is 0 Å². The Morgan fingerprint density at radius 2 is 1.81 bits per heavy atom. The molecule has 2 aliphatic heterocycles. The van der Waals surface area contributed by atoms with Gasteiger partial charge in [0.05, 0.1) is 0 Å². The second-order valence-corrected chi connectivity index (χ2v) is 5.95. The lowest BCUT2D eigenvalue weighted by molar-refractivity contribution is -0.0836. The highest BCUT2D eigenvalue weighted by Gasteiger charge is 2.46. The van der Waals surface area contributed by atoms with Crippen LogP contribution in [0, 0.1) is 5.41 Å². The summed E-state index contributed by atoms with van der Waals surface area (Å²) >= 11 is 0. The van der Waals surface area contributed by atoms with Crippen LogP contribution in [0.25, 0.3) is 0 Å². The molecule has 92 valence electrons. The number of nitrogens with zero attached hydrogens (tertiary/aromatic N) is 1. The summed E-state index contributed by atoms with van der Waals surface area (Å²) in [4.78, 5) is 13.5. The highest BCUT2D eigenvalue weighted by molar-refractivity contribution is 5.69. The molecular formula is C12H21NO3. The van der Waals surface area contributed by atoms with Gasteiger partial charge in [-0.05, 0) is 33.6 Å². The van der Waals surface area contributed by atoms with Gasteiger partial charge >= 0.3 is 6.09 Å². The zero-order chi connectivity index (χ0) is 11.8. The van der Waals surface area contributed by atoms with E-state index in [1.165, 1.54) is 0 Å². The molecule has 0 unspecified atom stereocenters. The normalized spacial score (nSPS) is 24.1. The van der Waals surface area contributed by atoms with Crippen LogP contribution in [0.3, 0.4) is 0 Å². The van der Waals surface area contributed by atoms with Crippen LogP contribution < -0.4 is 0 Å². The van der Waals surface area contributed by atoms with Crippen LogP contribution in [0.15, 0.2) is 0 Å². The van der Waals surface area contributed by atoms with Gasteiger partial charge in [0.2, 0.25) is 0 Å². The first kappa shape index (κ1) is 11.7. The Morgan fingerprint density at radius 3 is 2.31 bits per heavy atom. The van der Waals surface area contributed by atoms with Crippen LogP contribution in [-0.4, -0.2) is 42.9 Å². The Morgan fingerprint density at radius 1 is 1.25 bits per heavy atom. The first-order valence-corrected chi connectivity index (χ1v) is 5.96. The summed E-state index contributed by atoms with van der Waals surface area (Å²) in [6.45, 7) is 9.04. The van der Waals surface area contributed by atoms with E-state index in [1.807, 2.05) is 20.8 Å². The molecule has 2 heterocycles. The van der Waals surface area contributed by atoms with Crippen molar-refractivity contribution in [3.8, 4) is 0 Å². The molecule has 2 rings (SSSR count). The smallest absolute Gasteiger partial charge is 0.410 e. The summed E-state index contributed by atoms with van der Waals surface area (Å²) in [5.74, 6) is 0. The van der Waals surface area contributed by atoms with Crippen molar-refractivity contribution in [1.29, 1.82) is 0 Å². The first-order chi connectivity index (χ1) is 7.40. The van der Waals surface area contributed by atoms with Crippen molar-refractivity contribution < 1.29 is 14.3 Å². The van der Waals surface area contributed by atoms with Crippen molar-refractivity contribution in [2.75, 3.05) is 26.3 Å². The second-order valence-electron chi connectivity index (χ2n) is 5.95. The van der Waals surface area contributed by atoms with Gasteiger partial charge in [-0.2, -0.15) is 0 Å². The van der Waals surface area contributed by atoms with Crippen LogP contribution in [0.1, 0.15) is 33.6 Å². The quantitative estimate of drug-likeness (QED) is 0.635. The van der Waals surface area contributed by atoms with Crippen molar-refractivity contribution >= 4 is 6.09 Å². The van der Waals surface area contributed by atoms with E-state index in [9.17, 15) is 4.79 Å². The molecule has 0 aliphatic carbocycles. The van der Waals surface area contributed by atoms with Gasteiger partial charge in [0, 0.05) is 31.7 Å². The zero-order valence-corrected chi connectivity index (χ0v) is 10.4. The predicted octanol–water partition coefficient (Wildman–Crippen LogP) is 2.03. The number of hydrogen-bond donors (Lipinski definition) is 0. The van der Waals surface area contributed by atoms with Gasteiger partial charge in [-0.25, -0.2) is 4.79 Å². The minimum atomic E-state index is -0.393. The SMILES string of the molecule is CC(C)(C)OC(=O)N1CC2(CCOCC2)C1. The minimum Gasteiger partial charge on any atom is -0.444 e. The summed E-state index contributed by atoms with van der Waals surface area (Å²) in [5.41, 5.74) is -0.0648. The van der Waals surface area contributed by atoms with Crippen molar-refractivity contribution in [1.82, 2.24) is 4.90 Å². The first-order valence-electron chi connectivity index (χ1n) is 5.96. The van der Waals surface area contributed by atoms with Crippen molar-refractivity contribution in [3.05, 3.63) is 0 Å². The van der Waals surface area contributed by atoms with Crippen molar-refractivity contribution in [2.24, 2.45) is 5.41 Å². The third-order valence-corrected chi connectivity index (χ3v) is 3.26. The molecule has 2 fully saturated rings. The molecular weight excluding hydrogens is 206 g/mol. The predicted molar refractivity (Wildman–Crippen MR) is 60.3 cm³/mol. The van der Waals surface area contributed by atoms with Crippen LogP contribution >= 0.6 is 0 Å². The van der Waals surface area contributed by atoms with Crippen LogP contribution in [0.4, 0.5) is 4.79 Å². The van der Waals surface area contributed by atoms with Crippen LogP contribution in [0.2, 0.25) is 0 Å². The lowest BCUT2D eigenvalue weighted by atomic mass is 9.74. The van der Waals surface area contributed by atoms with Crippen molar-refractivity contribution in [3.63, 3.8) is 0 Å². The van der Waals surface area contributed by atoms with Gasteiger partial charge in [0.15, 0.2) is 0 Å². The van der Waals surface area contributed by atoms with Crippen LogP contribution in [-0.2, 0) is 9.47 Å². The van der Waals surface area contributed by atoms with Crippen LogP contribution in [0.5, 0.6) is 0 Å². The molecule has 0 bridgehead atoms. The Hall–Kier alpha value is -0.770. The summed E-state index contributed by atoms with van der Waals surface area (Å²) < 4.78 is 10.7. The van der Waals surface area contributed by atoms with E-state index < -0.39 is 5.60 Å². The highest BCUT2D eigenvalue weighted by atomic mass is 16.6. The lowest BCUT2D eigenvalue weighted by Gasteiger charge is -2.51. The topological polar surface area (TPSA) is 38.8 Å². The standard InChI is InChI=1S/C12H21NO3/c1-11(2,3)16-10(14)13-8-12(9-13)4-6-15-7-5-12/h4-9H2,1-3H3. The largest absolute Gasteiger partial charge is 0.444 e. The molecule has 0 aromatic carbocycles. The minimum absolute atomic E-state index is 0.176. The molecule has 0 aromatic heterocycles. The second kappa shape index (κ2) is 3.91. The maximum Gasteiger partial charge on any atom is 0.410 e. The average molecular weight is 227 g/mol. The summed E-state index contributed by atoms with van der Waals surface area (Å²) in [6, 6.07) is 0. The number of amides is 1. The van der Waals surface area contributed by atoms with E-state index in [-0.39, 0.29) is 6.09 Å². The number of carbonyl (C=O) groups is 1. The van der Waals surface area contributed by atoms with Crippen molar-refractivity contribution in [2.45, 2.75) is 39.2 Å². The highest BCUT2D eigenvalue weighted by Crippen LogP contribution is 2.40. The number of hydrogen-bond acceptors (Lipinski definition) is 3. The van der Waals surface area contributed by atoms with Gasteiger partial charge in [0.1, 0.15) is 5.60 Å². The van der Waals surface area contributed by atoms with E-state index in [2.05, 4.69) is 0 Å². The number of ether oxygens (including phenoxy) is 2. The number of rotatable bonds is 0. The Balaban J connectivity index is 1.81. The molecule has 4 heteroatoms. The van der Waals surface area contributed by atoms with Gasteiger partial charge < -0.3 is 14.4 Å². The van der Waals surface area contributed by atoms with E-state index in [0.717, 1.165) is 39.1 Å². The maximum atomic E-state index is 11.7. The Kier molecular flexibility index (Phi) is 2.86. The Bertz CT molecular complexity index is 268. The monoisotopic (exact) mass is 227 g/mol. The summed E-state index contributed by atoms with van der Waals surface area (Å²) in [5, 5.41) is 0. The molecule has 1 spiro atoms. The fourth-order valence-corrected chi connectivity index (χ4v) is 2.34. The third-order valence-electron chi connectivity index (χ3n) is 3.26. The van der Waals surface area contributed by atoms with E-state index >= 15 is 0 Å². The molecule has 0 saturated carbocycles. The summed E-state index contributed by atoms with van der Waals surface area (Å²) in [6.07, 6.45) is 1.98. The number of carbonyl (C=O) groups excluding carboxylic acids is 1. The average Bonchev–Trinajstić information content (AvgIpc) is 2.12. The number of likely N-dealkylation sites (tertiary alicyclic amines) is 1. The zero-order valence-electron chi connectivity index (χ0n) is 10.4. The molecule has 1 amide bonds. The molecule has 4 nitrogen and oxygen atoms in total. The van der Waals surface area contributed by atoms with E-state index in [1.54, 1.807) is 4.90 Å². The van der Waals surface area contributed by atoms with E-state index in [4.69, 9.17) is 9.47 Å². The van der Waals surface area contributed by atoms with Gasteiger partial charge in [-0.15, -0.1) is 0 Å². The van der Waals surface area contributed by atoms with Gasteiger partial charge in [-0.3, -0.25) is 0 Å². The molecule has 0 atom stereocenters.